The minimum absolute atomic E-state index is 0.0837. The summed E-state index contributed by atoms with van der Waals surface area (Å²) in [6.45, 7) is 1.94. The van der Waals surface area contributed by atoms with Crippen molar-refractivity contribution in [3.05, 3.63) is 30.0 Å². The van der Waals surface area contributed by atoms with Crippen LogP contribution in [0.4, 0.5) is 10.3 Å². The average molecular weight is 251 g/mol. The Kier molecular flexibility index (Phi) is 3.18. The first kappa shape index (κ1) is 12.0. The van der Waals surface area contributed by atoms with E-state index in [2.05, 4.69) is 15.1 Å². The third-order valence-electron chi connectivity index (χ3n) is 2.05. The molecule has 0 aliphatic rings. The zero-order valence-corrected chi connectivity index (χ0v) is 9.50. The van der Waals surface area contributed by atoms with Crippen molar-refractivity contribution < 1.29 is 13.9 Å². The molecule has 0 bridgehead atoms. The summed E-state index contributed by atoms with van der Waals surface area (Å²) in [6, 6.07) is 0. The lowest BCUT2D eigenvalue weighted by atomic mass is 10.4. The lowest BCUT2D eigenvalue weighted by molar-refractivity contribution is 0.0526. The topological polar surface area (TPSA) is 95.9 Å². The van der Waals surface area contributed by atoms with E-state index in [1.165, 1.54) is 12.4 Å². The standard InChI is InChI=1S/C10H10FN5O2/c1-2-18-9(17)6-3-14-16(5-6)8-7(11)4-13-10(12)15-8/h3-5H,2H2,1H3,(H2,12,13,15). The summed E-state index contributed by atoms with van der Waals surface area (Å²) in [5.74, 6) is -1.44. The van der Waals surface area contributed by atoms with E-state index in [0.29, 0.717) is 0 Å². The van der Waals surface area contributed by atoms with Crippen molar-refractivity contribution >= 4 is 11.9 Å². The number of nitrogen functional groups attached to an aromatic ring is 1. The Balaban J connectivity index is 2.35. The van der Waals surface area contributed by atoms with Crippen LogP contribution in [0.1, 0.15) is 17.3 Å². The maximum absolute atomic E-state index is 13.5. The number of carbonyl (C=O) groups is 1. The Morgan fingerprint density at radius 1 is 1.56 bits per heavy atom. The number of aromatic nitrogens is 4. The van der Waals surface area contributed by atoms with Gasteiger partial charge in [0.15, 0.2) is 11.6 Å². The van der Waals surface area contributed by atoms with Crippen LogP contribution in [0.25, 0.3) is 5.82 Å². The summed E-state index contributed by atoms with van der Waals surface area (Å²) < 4.78 is 19.3. The fourth-order valence-electron chi connectivity index (χ4n) is 1.29. The molecule has 0 aliphatic heterocycles. The van der Waals surface area contributed by atoms with Crippen LogP contribution in [0.3, 0.4) is 0 Å². The van der Waals surface area contributed by atoms with Crippen molar-refractivity contribution in [2.24, 2.45) is 0 Å². The Morgan fingerprint density at radius 3 is 3.06 bits per heavy atom. The van der Waals surface area contributed by atoms with Gasteiger partial charge >= 0.3 is 5.97 Å². The normalized spacial score (nSPS) is 10.3. The van der Waals surface area contributed by atoms with Crippen molar-refractivity contribution in [1.29, 1.82) is 0 Å². The van der Waals surface area contributed by atoms with Crippen LogP contribution >= 0.6 is 0 Å². The zero-order chi connectivity index (χ0) is 13.1. The monoisotopic (exact) mass is 251 g/mol. The maximum Gasteiger partial charge on any atom is 0.341 e. The van der Waals surface area contributed by atoms with E-state index in [0.717, 1.165) is 10.9 Å². The zero-order valence-electron chi connectivity index (χ0n) is 9.50. The number of ether oxygens (including phenoxy) is 1. The highest BCUT2D eigenvalue weighted by atomic mass is 19.1. The Morgan fingerprint density at radius 2 is 2.33 bits per heavy atom. The number of halogens is 1. The van der Waals surface area contributed by atoms with Crippen molar-refractivity contribution in [2.75, 3.05) is 12.3 Å². The number of carbonyl (C=O) groups excluding carboxylic acids is 1. The first-order valence-electron chi connectivity index (χ1n) is 5.12. The molecule has 2 N–H and O–H groups in total. The molecule has 0 aliphatic carbocycles. The van der Waals surface area contributed by atoms with E-state index in [4.69, 9.17) is 10.5 Å². The lowest BCUT2D eigenvalue weighted by Gasteiger charge is -2.01. The Hall–Kier alpha value is -2.51. The van der Waals surface area contributed by atoms with Gasteiger partial charge in [0.1, 0.15) is 0 Å². The van der Waals surface area contributed by atoms with Gasteiger partial charge in [-0.25, -0.2) is 18.9 Å². The second-order valence-electron chi connectivity index (χ2n) is 3.29. The van der Waals surface area contributed by atoms with E-state index in [9.17, 15) is 9.18 Å². The lowest BCUT2D eigenvalue weighted by Crippen LogP contribution is -2.06. The minimum atomic E-state index is -0.692. The molecule has 0 fully saturated rings. The third kappa shape index (κ3) is 2.26. The van der Waals surface area contributed by atoms with Gasteiger partial charge in [-0.05, 0) is 6.92 Å². The molecule has 2 rings (SSSR count). The molecule has 8 heteroatoms. The highest BCUT2D eigenvalue weighted by Crippen LogP contribution is 2.11. The molecular weight excluding hydrogens is 241 g/mol. The summed E-state index contributed by atoms with van der Waals surface area (Å²) >= 11 is 0. The molecule has 0 radical (unpaired) electrons. The van der Waals surface area contributed by atoms with Crippen LogP contribution in [-0.4, -0.2) is 32.3 Å². The molecule has 0 unspecified atom stereocenters. The number of esters is 1. The van der Waals surface area contributed by atoms with E-state index in [-0.39, 0.29) is 23.9 Å². The van der Waals surface area contributed by atoms with E-state index in [1.807, 2.05) is 0 Å². The van der Waals surface area contributed by atoms with Crippen molar-refractivity contribution in [3.8, 4) is 5.82 Å². The molecule has 0 amide bonds. The summed E-state index contributed by atoms with van der Waals surface area (Å²) in [4.78, 5) is 18.6. The molecule has 0 atom stereocenters. The van der Waals surface area contributed by atoms with Gasteiger partial charge in [0.2, 0.25) is 5.95 Å². The van der Waals surface area contributed by atoms with Crippen LogP contribution in [0.15, 0.2) is 18.6 Å². The second kappa shape index (κ2) is 4.78. The highest BCUT2D eigenvalue weighted by molar-refractivity contribution is 5.88. The summed E-state index contributed by atoms with van der Waals surface area (Å²) in [6.07, 6.45) is 3.50. The number of nitrogens with two attached hydrogens (primary N) is 1. The van der Waals surface area contributed by atoms with Crippen LogP contribution in [-0.2, 0) is 4.74 Å². The van der Waals surface area contributed by atoms with Gasteiger partial charge in [-0.1, -0.05) is 0 Å². The number of rotatable bonds is 3. The average Bonchev–Trinajstić information content (AvgIpc) is 2.82. The minimum Gasteiger partial charge on any atom is -0.462 e. The van der Waals surface area contributed by atoms with Crippen molar-refractivity contribution in [1.82, 2.24) is 19.7 Å². The first-order valence-corrected chi connectivity index (χ1v) is 5.12. The van der Waals surface area contributed by atoms with Gasteiger partial charge < -0.3 is 10.5 Å². The number of hydrogen-bond acceptors (Lipinski definition) is 6. The predicted octanol–water partition coefficient (Wildman–Crippen LogP) is 0.560. The third-order valence-corrected chi connectivity index (χ3v) is 2.05. The second-order valence-corrected chi connectivity index (χ2v) is 3.29. The SMILES string of the molecule is CCOC(=O)c1cnn(-c2nc(N)ncc2F)c1. The van der Waals surface area contributed by atoms with Crippen molar-refractivity contribution in [2.45, 2.75) is 6.92 Å². The molecule has 2 aromatic heterocycles. The fraction of sp³-hybridized carbons (Fsp3) is 0.200. The van der Waals surface area contributed by atoms with E-state index >= 15 is 0 Å². The van der Waals surface area contributed by atoms with Gasteiger partial charge in [-0.3, -0.25) is 0 Å². The smallest absolute Gasteiger partial charge is 0.341 e. The maximum atomic E-state index is 13.5. The van der Waals surface area contributed by atoms with Crippen LogP contribution in [0.2, 0.25) is 0 Å². The van der Waals surface area contributed by atoms with Gasteiger partial charge in [0, 0.05) is 6.20 Å². The van der Waals surface area contributed by atoms with Gasteiger partial charge in [0.25, 0.3) is 0 Å². The molecule has 0 saturated carbocycles. The number of hydrogen-bond donors (Lipinski definition) is 1. The number of anilines is 1. The van der Waals surface area contributed by atoms with Crippen LogP contribution in [0, 0.1) is 5.82 Å². The molecule has 18 heavy (non-hydrogen) atoms. The molecule has 0 aromatic carbocycles. The van der Waals surface area contributed by atoms with E-state index < -0.39 is 11.8 Å². The summed E-state index contributed by atoms with van der Waals surface area (Å²) in [5.41, 5.74) is 5.56. The van der Waals surface area contributed by atoms with Gasteiger partial charge in [0.05, 0.1) is 24.6 Å². The molecule has 7 nitrogen and oxygen atoms in total. The highest BCUT2D eigenvalue weighted by Gasteiger charge is 2.13. The van der Waals surface area contributed by atoms with Gasteiger partial charge in [-0.2, -0.15) is 10.1 Å². The first-order chi connectivity index (χ1) is 8.61. The predicted molar refractivity (Wildman–Crippen MR) is 59.5 cm³/mol. The molecule has 0 spiro atoms. The molecule has 0 saturated heterocycles. The van der Waals surface area contributed by atoms with Crippen LogP contribution in [0.5, 0.6) is 0 Å². The van der Waals surface area contributed by atoms with E-state index in [1.54, 1.807) is 6.92 Å². The molecule has 2 aromatic rings. The summed E-state index contributed by atoms with van der Waals surface area (Å²) in [7, 11) is 0. The Labute approximate surface area is 101 Å². The molecule has 94 valence electrons. The van der Waals surface area contributed by atoms with Crippen molar-refractivity contribution in [3.63, 3.8) is 0 Å². The quantitative estimate of drug-likeness (QED) is 0.801. The van der Waals surface area contributed by atoms with Gasteiger partial charge in [-0.15, -0.1) is 0 Å². The largest absolute Gasteiger partial charge is 0.462 e. The van der Waals surface area contributed by atoms with Crippen LogP contribution < -0.4 is 5.73 Å². The number of nitrogens with zero attached hydrogens (tertiary/aromatic N) is 4. The molecule has 2 heterocycles. The Bertz CT molecular complexity index is 583. The molecular formula is C10H10FN5O2. The fourth-order valence-corrected chi connectivity index (χ4v) is 1.29. The summed E-state index contributed by atoms with van der Waals surface area (Å²) in [5, 5.41) is 3.82.